The van der Waals surface area contributed by atoms with E-state index in [-0.39, 0.29) is 5.91 Å². The lowest BCUT2D eigenvalue weighted by Crippen LogP contribution is -2.39. The third kappa shape index (κ3) is 4.94. The maximum absolute atomic E-state index is 12.4. The molecular weight excluding hydrogens is 337 g/mol. The second-order valence-corrected chi connectivity index (χ2v) is 7.94. The third-order valence-corrected chi connectivity index (χ3v) is 4.81. The van der Waals surface area contributed by atoms with Gasteiger partial charge in [-0.15, -0.1) is 11.8 Å². The van der Waals surface area contributed by atoms with Crippen LogP contribution in [0.2, 0.25) is 10.0 Å². The van der Waals surface area contributed by atoms with Gasteiger partial charge in [0.1, 0.15) is 0 Å². The number of rotatable bonds is 5. The molecule has 0 bridgehead atoms. The molecule has 5 heteroatoms. The monoisotopic (exact) mass is 353 g/mol. The van der Waals surface area contributed by atoms with Gasteiger partial charge in [-0.3, -0.25) is 4.79 Å². The van der Waals surface area contributed by atoms with Crippen molar-refractivity contribution in [3.63, 3.8) is 0 Å². The Kier molecular flexibility index (Phi) is 5.79. The van der Waals surface area contributed by atoms with Crippen LogP contribution in [0.5, 0.6) is 0 Å². The number of amides is 1. The topological polar surface area (TPSA) is 29.1 Å². The minimum atomic E-state index is -0.569. The number of hydrogen-bond acceptors (Lipinski definition) is 2. The lowest BCUT2D eigenvalue weighted by molar-refractivity contribution is -0.122. The van der Waals surface area contributed by atoms with Gasteiger partial charge in [0.2, 0.25) is 5.91 Å². The first-order valence-electron chi connectivity index (χ1n) is 6.84. The Labute approximate surface area is 145 Å². The molecule has 2 rings (SSSR count). The molecule has 0 atom stereocenters. The zero-order valence-electron chi connectivity index (χ0n) is 12.4. The molecule has 2 aromatic carbocycles. The molecule has 0 aliphatic carbocycles. The zero-order valence-corrected chi connectivity index (χ0v) is 14.7. The second kappa shape index (κ2) is 7.40. The molecule has 0 heterocycles. The molecule has 2 nitrogen and oxygen atoms in total. The number of carbonyl (C=O) groups is 1. The van der Waals surface area contributed by atoms with Crippen LogP contribution in [0.1, 0.15) is 19.4 Å². The highest BCUT2D eigenvalue weighted by Gasteiger charge is 2.28. The summed E-state index contributed by atoms with van der Waals surface area (Å²) in [4.78, 5) is 13.4. The first kappa shape index (κ1) is 17.2. The SMILES string of the molecule is CC(C)(Sc1ccc(Cl)cc1)C(=O)NCc1ccc(Cl)cc1. The summed E-state index contributed by atoms with van der Waals surface area (Å²) in [5, 5.41) is 4.34. The van der Waals surface area contributed by atoms with E-state index in [2.05, 4.69) is 5.32 Å². The van der Waals surface area contributed by atoms with Gasteiger partial charge in [-0.1, -0.05) is 35.3 Å². The zero-order chi connectivity index (χ0) is 16.2. The first-order valence-corrected chi connectivity index (χ1v) is 8.41. The van der Waals surface area contributed by atoms with Gasteiger partial charge in [0, 0.05) is 21.5 Å². The minimum absolute atomic E-state index is 0.0117. The normalized spacial score (nSPS) is 11.3. The van der Waals surface area contributed by atoms with Crippen LogP contribution >= 0.6 is 35.0 Å². The van der Waals surface area contributed by atoms with E-state index in [0.29, 0.717) is 16.6 Å². The molecule has 0 spiro atoms. The molecule has 0 saturated carbocycles. The van der Waals surface area contributed by atoms with E-state index < -0.39 is 4.75 Å². The molecule has 2 aromatic rings. The first-order chi connectivity index (χ1) is 10.4. The molecule has 0 saturated heterocycles. The molecule has 1 amide bonds. The second-order valence-electron chi connectivity index (χ2n) is 5.38. The van der Waals surface area contributed by atoms with E-state index in [9.17, 15) is 4.79 Å². The lowest BCUT2D eigenvalue weighted by Gasteiger charge is -2.23. The average Bonchev–Trinajstić information content (AvgIpc) is 2.48. The van der Waals surface area contributed by atoms with Crippen molar-refractivity contribution in [3.8, 4) is 0 Å². The maximum atomic E-state index is 12.4. The van der Waals surface area contributed by atoms with Crippen LogP contribution < -0.4 is 5.32 Å². The standard InChI is InChI=1S/C17H17Cl2NOS/c1-17(2,22-15-9-7-14(19)8-10-15)16(21)20-11-12-3-5-13(18)6-4-12/h3-10H,11H2,1-2H3,(H,20,21). The predicted octanol–water partition coefficient (Wildman–Crippen LogP) is 5.18. The minimum Gasteiger partial charge on any atom is -0.351 e. The van der Waals surface area contributed by atoms with E-state index in [1.54, 1.807) is 0 Å². The molecule has 0 unspecified atom stereocenters. The Balaban J connectivity index is 1.94. The van der Waals surface area contributed by atoms with Crippen LogP contribution in [-0.4, -0.2) is 10.7 Å². The fourth-order valence-electron chi connectivity index (χ4n) is 1.84. The predicted molar refractivity (Wildman–Crippen MR) is 94.7 cm³/mol. The highest BCUT2D eigenvalue weighted by Crippen LogP contribution is 2.33. The molecular formula is C17H17Cl2NOS. The van der Waals surface area contributed by atoms with Gasteiger partial charge < -0.3 is 5.32 Å². The molecule has 1 N–H and O–H groups in total. The van der Waals surface area contributed by atoms with Crippen molar-refractivity contribution in [1.29, 1.82) is 0 Å². The Morgan fingerprint density at radius 2 is 1.50 bits per heavy atom. The number of thioether (sulfide) groups is 1. The lowest BCUT2D eigenvalue weighted by atomic mass is 10.1. The Bertz CT molecular complexity index is 639. The number of halogens is 2. The summed E-state index contributed by atoms with van der Waals surface area (Å²) in [6.45, 7) is 4.30. The van der Waals surface area contributed by atoms with Gasteiger partial charge in [0.25, 0.3) is 0 Å². The smallest absolute Gasteiger partial charge is 0.236 e. The van der Waals surface area contributed by atoms with E-state index in [1.165, 1.54) is 11.8 Å². The van der Waals surface area contributed by atoms with Crippen LogP contribution in [0.15, 0.2) is 53.4 Å². The van der Waals surface area contributed by atoms with Crippen LogP contribution in [-0.2, 0) is 11.3 Å². The highest BCUT2D eigenvalue weighted by atomic mass is 35.5. The fraction of sp³-hybridized carbons (Fsp3) is 0.235. The van der Waals surface area contributed by atoms with Gasteiger partial charge in [0.05, 0.1) is 4.75 Å². The van der Waals surface area contributed by atoms with Gasteiger partial charge in [0.15, 0.2) is 0 Å². The van der Waals surface area contributed by atoms with Gasteiger partial charge >= 0.3 is 0 Å². The molecule has 0 fully saturated rings. The van der Waals surface area contributed by atoms with Crippen molar-refractivity contribution in [2.45, 2.75) is 30.0 Å². The van der Waals surface area contributed by atoms with Crippen LogP contribution in [0, 0.1) is 0 Å². The van der Waals surface area contributed by atoms with Crippen LogP contribution in [0.25, 0.3) is 0 Å². The van der Waals surface area contributed by atoms with Crippen LogP contribution in [0.4, 0.5) is 0 Å². The van der Waals surface area contributed by atoms with E-state index in [1.807, 2.05) is 62.4 Å². The fourth-order valence-corrected chi connectivity index (χ4v) is 3.12. The van der Waals surface area contributed by atoms with Gasteiger partial charge in [-0.2, -0.15) is 0 Å². The molecule has 0 radical (unpaired) electrons. The van der Waals surface area contributed by atoms with Crippen molar-refractivity contribution in [3.05, 3.63) is 64.1 Å². The van der Waals surface area contributed by atoms with Crippen molar-refractivity contribution < 1.29 is 4.79 Å². The van der Waals surface area contributed by atoms with Crippen molar-refractivity contribution in [2.75, 3.05) is 0 Å². The average molecular weight is 354 g/mol. The summed E-state index contributed by atoms with van der Waals surface area (Å²) in [6.07, 6.45) is 0. The summed E-state index contributed by atoms with van der Waals surface area (Å²) >= 11 is 13.2. The van der Waals surface area contributed by atoms with Crippen LogP contribution in [0.3, 0.4) is 0 Å². The number of nitrogens with one attached hydrogen (secondary N) is 1. The Morgan fingerprint density at radius 1 is 1.00 bits per heavy atom. The summed E-state index contributed by atoms with van der Waals surface area (Å²) in [7, 11) is 0. The van der Waals surface area contributed by atoms with E-state index in [4.69, 9.17) is 23.2 Å². The molecule has 0 aliphatic rings. The van der Waals surface area contributed by atoms with Crippen molar-refractivity contribution >= 4 is 40.9 Å². The van der Waals surface area contributed by atoms with E-state index in [0.717, 1.165) is 10.5 Å². The summed E-state index contributed by atoms with van der Waals surface area (Å²) in [5.41, 5.74) is 1.02. The third-order valence-electron chi connectivity index (χ3n) is 3.10. The van der Waals surface area contributed by atoms with Crippen molar-refractivity contribution in [2.24, 2.45) is 0 Å². The Hall–Kier alpha value is -1.16. The number of carbonyl (C=O) groups excluding carboxylic acids is 1. The van der Waals surface area contributed by atoms with Gasteiger partial charge in [-0.25, -0.2) is 0 Å². The van der Waals surface area contributed by atoms with E-state index >= 15 is 0 Å². The summed E-state index contributed by atoms with van der Waals surface area (Å²) in [6, 6.07) is 14.9. The number of benzene rings is 2. The summed E-state index contributed by atoms with van der Waals surface area (Å²) in [5.74, 6) is -0.0117. The largest absolute Gasteiger partial charge is 0.351 e. The Morgan fingerprint density at radius 3 is 2.05 bits per heavy atom. The van der Waals surface area contributed by atoms with Crippen molar-refractivity contribution in [1.82, 2.24) is 5.32 Å². The molecule has 0 aliphatic heterocycles. The molecule has 22 heavy (non-hydrogen) atoms. The molecule has 116 valence electrons. The van der Waals surface area contributed by atoms with Gasteiger partial charge in [-0.05, 0) is 55.8 Å². The highest BCUT2D eigenvalue weighted by molar-refractivity contribution is 8.01. The number of hydrogen-bond donors (Lipinski definition) is 1. The molecule has 0 aromatic heterocycles. The maximum Gasteiger partial charge on any atom is 0.236 e. The quantitative estimate of drug-likeness (QED) is 0.750. The summed E-state index contributed by atoms with van der Waals surface area (Å²) < 4.78 is -0.569.